The van der Waals surface area contributed by atoms with Crippen molar-refractivity contribution >= 4 is 22.6 Å². The molecule has 1 aromatic carbocycles. The van der Waals surface area contributed by atoms with Gasteiger partial charge in [0.1, 0.15) is 5.82 Å². The molecular formula is C27H36N6O3. The Labute approximate surface area is 212 Å². The van der Waals surface area contributed by atoms with E-state index in [4.69, 9.17) is 14.5 Å². The lowest BCUT2D eigenvalue weighted by atomic mass is 10.1. The molecule has 0 bridgehead atoms. The Morgan fingerprint density at radius 1 is 1.14 bits per heavy atom. The molecule has 9 nitrogen and oxygen atoms in total. The number of pyridine rings is 1. The zero-order valence-corrected chi connectivity index (χ0v) is 21.4. The second-order valence-electron chi connectivity index (χ2n) is 8.73. The first-order valence-electron chi connectivity index (χ1n) is 12.8. The average molecular weight is 493 g/mol. The number of hydrogen-bond acceptors (Lipinski definition) is 8. The molecular weight excluding hydrogens is 456 g/mol. The summed E-state index contributed by atoms with van der Waals surface area (Å²) in [5.41, 5.74) is 2.37. The van der Waals surface area contributed by atoms with E-state index in [-0.39, 0.29) is 11.9 Å². The lowest BCUT2D eigenvalue weighted by Crippen LogP contribution is -2.44. The monoisotopic (exact) mass is 492 g/mol. The minimum Gasteiger partial charge on any atom is -0.464 e. The van der Waals surface area contributed by atoms with Gasteiger partial charge in [0.2, 0.25) is 0 Å². The number of nitrogens with zero attached hydrogens (tertiary/aromatic N) is 5. The second-order valence-corrected chi connectivity index (χ2v) is 8.73. The number of carbonyl (C=O) groups is 1. The highest BCUT2D eigenvalue weighted by molar-refractivity contribution is 6.06. The maximum absolute atomic E-state index is 13.4. The molecule has 2 aromatic heterocycles. The normalized spacial score (nSPS) is 15.0. The van der Waals surface area contributed by atoms with E-state index in [1.807, 2.05) is 37.3 Å². The van der Waals surface area contributed by atoms with Crippen molar-refractivity contribution in [2.45, 2.75) is 33.2 Å². The zero-order valence-electron chi connectivity index (χ0n) is 21.4. The largest absolute Gasteiger partial charge is 0.464 e. The number of amides is 1. The molecule has 1 aliphatic rings. The molecule has 0 saturated carbocycles. The van der Waals surface area contributed by atoms with Gasteiger partial charge in [0, 0.05) is 61.6 Å². The molecule has 4 rings (SSSR count). The Morgan fingerprint density at radius 2 is 1.92 bits per heavy atom. The predicted octanol–water partition coefficient (Wildman–Crippen LogP) is 3.46. The molecule has 1 saturated heterocycles. The van der Waals surface area contributed by atoms with Crippen molar-refractivity contribution in [1.82, 2.24) is 25.2 Å². The fourth-order valence-electron chi connectivity index (χ4n) is 4.56. The molecule has 192 valence electrons. The number of carbonyl (C=O) groups excluding carboxylic acids is 1. The van der Waals surface area contributed by atoms with Crippen LogP contribution in [-0.4, -0.2) is 78.3 Å². The van der Waals surface area contributed by atoms with Gasteiger partial charge in [0.25, 0.3) is 5.91 Å². The van der Waals surface area contributed by atoms with Crippen LogP contribution in [0.4, 0.5) is 5.82 Å². The van der Waals surface area contributed by atoms with E-state index in [1.54, 1.807) is 12.4 Å². The molecule has 3 heterocycles. The summed E-state index contributed by atoms with van der Waals surface area (Å²) >= 11 is 0. The van der Waals surface area contributed by atoms with Gasteiger partial charge in [-0.05, 0) is 44.5 Å². The molecule has 1 fully saturated rings. The molecule has 1 N–H and O–H groups in total. The fourth-order valence-corrected chi connectivity index (χ4v) is 4.56. The highest BCUT2D eigenvalue weighted by Gasteiger charge is 2.25. The van der Waals surface area contributed by atoms with Crippen LogP contribution in [0.2, 0.25) is 0 Å². The maximum atomic E-state index is 13.4. The Bertz CT molecular complexity index is 1130. The van der Waals surface area contributed by atoms with Crippen LogP contribution in [0.25, 0.3) is 10.9 Å². The molecule has 0 aliphatic carbocycles. The van der Waals surface area contributed by atoms with Gasteiger partial charge in [-0.2, -0.15) is 0 Å². The third-order valence-corrected chi connectivity index (χ3v) is 6.41. The van der Waals surface area contributed by atoms with Gasteiger partial charge in [0.05, 0.1) is 31.4 Å². The lowest BCUT2D eigenvalue weighted by molar-refractivity contribution is 0.0160. The fraction of sp³-hybridized carbons (Fsp3) is 0.481. The lowest BCUT2D eigenvalue weighted by Gasteiger charge is -2.34. The van der Waals surface area contributed by atoms with Gasteiger partial charge in [-0.1, -0.05) is 13.0 Å². The average Bonchev–Trinajstić information content (AvgIpc) is 2.92. The van der Waals surface area contributed by atoms with Gasteiger partial charge in [-0.15, -0.1) is 0 Å². The molecule has 9 heteroatoms. The van der Waals surface area contributed by atoms with Crippen LogP contribution in [-0.2, 0) is 4.74 Å². The number of benzene rings is 1. The maximum Gasteiger partial charge on any atom is 0.316 e. The van der Waals surface area contributed by atoms with Crippen molar-refractivity contribution in [3.63, 3.8) is 0 Å². The van der Waals surface area contributed by atoms with E-state index in [0.29, 0.717) is 37.9 Å². The predicted molar refractivity (Wildman–Crippen MR) is 141 cm³/mol. The number of rotatable bonds is 11. The summed E-state index contributed by atoms with van der Waals surface area (Å²) in [6.07, 6.45) is 4.62. The molecule has 3 aromatic rings. The van der Waals surface area contributed by atoms with Crippen LogP contribution in [0.15, 0.2) is 42.7 Å². The van der Waals surface area contributed by atoms with E-state index in [2.05, 4.69) is 38.9 Å². The summed E-state index contributed by atoms with van der Waals surface area (Å²) in [6, 6.07) is 10.0. The molecule has 0 radical (unpaired) electrons. The first-order valence-corrected chi connectivity index (χ1v) is 12.8. The first-order chi connectivity index (χ1) is 17.6. The van der Waals surface area contributed by atoms with Gasteiger partial charge in [-0.25, -0.2) is 15.0 Å². The number of hydrogen-bond donors (Lipinski definition) is 1. The van der Waals surface area contributed by atoms with Crippen LogP contribution in [0.5, 0.6) is 6.01 Å². The molecule has 1 amide bonds. The second kappa shape index (κ2) is 12.6. The summed E-state index contributed by atoms with van der Waals surface area (Å²) in [4.78, 5) is 31.4. The van der Waals surface area contributed by atoms with Crippen LogP contribution >= 0.6 is 0 Å². The van der Waals surface area contributed by atoms with E-state index < -0.39 is 0 Å². The number of anilines is 1. The molecule has 0 spiro atoms. The molecule has 1 atom stereocenters. The summed E-state index contributed by atoms with van der Waals surface area (Å²) in [6.45, 7) is 11.9. The van der Waals surface area contributed by atoms with Crippen molar-refractivity contribution < 1.29 is 14.3 Å². The van der Waals surface area contributed by atoms with Crippen LogP contribution in [0.3, 0.4) is 0 Å². The van der Waals surface area contributed by atoms with E-state index in [0.717, 1.165) is 54.9 Å². The van der Waals surface area contributed by atoms with E-state index >= 15 is 0 Å². The number of ether oxygens (including phenoxy) is 2. The summed E-state index contributed by atoms with van der Waals surface area (Å²) in [5, 5.41) is 4.00. The van der Waals surface area contributed by atoms with Crippen LogP contribution in [0, 0.1) is 0 Å². The summed E-state index contributed by atoms with van der Waals surface area (Å²) in [5.74, 6) is 0.813. The summed E-state index contributed by atoms with van der Waals surface area (Å²) < 4.78 is 10.9. The Hall–Kier alpha value is -3.30. The van der Waals surface area contributed by atoms with Gasteiger partial charge < -0.3 is 19.7 Å². The van der Waals surface area contributed by atoms with E-state index in [9.17, 15) is 4.79 Å². The number of morpholine rings is 1. The molecule has 1 aliphatic heterocycles. The quantitative estimate of drug-likeness (QED) is 0.435. The van der Waals surface area contributed by atoms with E-state index in [1.165, 1.54) is 0 Å². The Morgan fingerprint density at radius 3 is 2.61 bits per heavy atom. The zero-order chi connectivity index (χ0) is 25.3. The van der Waals surface area contributed by atoms with Crippen LogP contribution in [0.1, 0.15) is 49.2 Å². The van der Waals surface area contributed by atoms with Gasteiger partial charge >= 0.3 is 6.01 Å². The Balaban J connectivity index is 1.53. The molecule has 36 heavy (non-hydrogen) atoms. The minimum absolute atomic E-state index is 0.0691. The number of fused-ring (bicyclic) bond motifs is 1. The SMILES string of the molecule is CCCN(CC)c1ccc2c(C(=O)NCC(c3cnc(OCC)nc3)N3CCOCC3)cccc2n1. The summed E-state index contributed by atoms with van der Waals surface area (Å²) in [7, 11) is 0. The minimum atomic E-state index is -0.124. The third kappa shape index (κ3) is 6.09. The van der Waals surface area contributed by atoms with Crippen molar-refractivity contribution in [3.05, 3.63) is 53.9 Å². The first kappa shape index (κ1) is 25.8. The topological polar surface area (TPSA) is 92.7 Å². The molecule has 1 unspecified atom stereocenters. The highest BCUT2D eigenvalue weighted by Crippen LogP contribution is 2.24. The van der Waals surface area contributed by atoms with Crippen molar-refractivity contribution in [2.24, 2.45) is 0 Å². The Kier molecular flexibility index (Phi) is 9.02. The highest BCUT2D eigenvalue weighted by atomic mass is 16.5. The smallest absolute Gasteiger partial charge is 0.316 e. The standard InChI is InChI=1S/C27H36N6O3/c1-4-12-32(5-2)25-11-10-21-22(8-7-9-23(21)31-25)26(34)28-19-24(33-13-15-35-16-14-33)20-17-29-27(30-18-20)36-6-3/h7-11,17-18,24H,4-6,12-16,19H2,1-3H3,(H,28,34). The van der Waals surface area contributed by atoms with Gasteiger partial charge in [-0.3, -0.25) is 9.69 Å². The van der Waals surface area contributed by atoms with Crippen molar-refractivity contribution in [2.75, 3.05) is 57.4 Å². The third-order valence-electron chi connectivity index (χ3n) is 6.41. The van der Waals surface area contributed by atoms with Gasteiger partial charge in [0.15, 0.2) is 0 Å². The number of aromatic nitrogens is 3. The van der Waals surface area contributed by atoms with Crippen molar-refractivity contribution in [3.8, 4) is 6.01 Å². The van der Waals surface area contributed by atoms with Crippen LogP contribution < -0.4 is 15.0 Å². The van der Waals surface area contributed by atoms with Crippen molar-refractivity contribution in [1.29, 1.82) is 0 Å². The number of nitrogens with one attached hydrogen (secondary N) is 1.